The van der Waals surface area contributed by atoms with Crippen LogP contribution >= 0.6 is 0 Å². The molecule has 0 aliphatic carbocycles. The van der Waals surface area contributed by atoms with E-state index in [4.69, 9.17) is 10.6 Å². The van der Waals surface area contributed by atoms with E-state index in [0.29, 0.717) is 5.56 Å². The van der Waals surface area contributed by atoms with E-state index in [0.717, 1.165) is 4.73 Å². The molecule has 0 bridgehead atoms. The minimum atomic E-state index is -0.653. The van der Waals surface area contributed by atoms with E-state index in [1.807, 2.05) is 0 Å². The molecule has 0 radical (unpaired) electrons. The molecule has 0 aliphatic rings. The molecular formula is C13H10N5NaO3. The van der Waals surface area contributed by atoms with Gasteiger partial charge >= 0.3 is 41.1 Å². The molecule has 0 spiro atoms. The van der Waals surface area contributed by atoms with Crippen molar-refractivity contribution in [3.05, 3.63) is 58.6 Å². The molecule has 106 valence electrons. The number of nitrogen functional groups attached to an aromatic ring is 1. The smallest absolute Gasteiger partial charge is 1.00 e. The largest absolute Gasteiger partial charge is 1.00 e. The predicted molar refractivity (Wildman–Crippen MR) is 74.5 cm³/mol. The molecule has 9 heteroatoms. The van der Waals surface area contributed by atoms with Crippen LogP contribution in [0.25, 0.3) is 11.2 Å². The normalized spacial score (nSPS) is 10.0. The predicted octanol–water partition coefficient (Wildman–Crippen LogP) is -2.85. The van der Waals surface area contributed by atoms with Crippen LogP contribution in [0, 0.1) is 0 Å². The van der Waals surface area contributed by atoms with Gasteiger partial charge in [-0.1, -0.05) is 18.2 Å². The minimum Gasteiger partial charge on any atom is -1.00 e. The van der Waals surface area contributed by atoms with Crippen molar-refractivity contribution in [1.82, 2.24) is 19.7 Å². The number of benzene rings is 1. The second kappa shape index (κ2) is 6.65. The number of fused-ring (bicyclic) bond motifs is 1. The van der Waals surface area contributed by atoms with Gasteiger partial charge in [0.05, 0.1) is 5.56 Å². The Hall–Kier alpha value is -2.29. The molecule has 0 saturated heterocycles. The van der Waals surface area contributed by atoms with Gasteiger partial charge in [-0.15, -0.1) is 4.73 Å². The van der Waals surface area contributed by atoms with E-state index in [9.17, 15) is 9.59 Å². The summed E-state index contributed by atoms with van der Waals surface area (Å²) in [5.74, 6) is -0.933. The van der Waals surface area contributed by atoms with Crippen molar-refractivity contribution in [2.75, 3.05) is 5.73 Å². The summed E-state index contributed by atoms with van der Waals surface area (Å²) in [6.45, 7) is 0. The Morgan fingerprint density at radius 1 is 1.18 bits per heavy atom. The SMILES string of the molecule is Nc1nc(=O)c2nccnc2n1OC(=O)c1ccccc1.[H-].[Na+]. The minimum absolute atomic E-state index is 0. The van der Waals surface area contributed by atoms with Gasteiger partial charge in [0.2, 0.25) is 11.6 Å². The zero-order valence-corrected chi connectivity index (χ0v) is 13.6. The summed E-state index contributed by atoms with van der Waals surface area (Å²) < 4.78 is 0.888. The van der Waals surface area contributed by atoms with Crippen LogP contribution < -0.4 is 45.7 Å². The zero-order chi connectivity index (χ0) is 14.8. The summed E-state index contributed by atoms with van der Waals surface area (Å²) >= 11 is 0. The van der Waals surface area contributed by atoms with Crippen LogP contribution in [0.15, 0.2) is 47.5 Å². The first kappa shape index (κ1) is 16.1. The molecule has 0 saturated carbocycles. The molecule has 3 rings (SSSR count). The number of nitrogens with zero attached hydrogens (tertiary/aromatic N) is 4. The molecule has 1 aromatic carbocycles. The molecule has 0 amide bonds. The Kier molecular flexibility index (Phi) is 4.86. The van der Waals surface area contributed by atoms with Crippen molar-refractivity contribution in [1.29, 1.82) is 0 Å². The van der Waals surface area contributed by atoms with Crippen molar-refractivity contribution in [2.24, 2.45) is 0 Å². The van der Waals surface area contributed by atoms with Gasteiger partial charge in [-0.05, 0) is 12.1 Å². The van der Waals surface area contributed by atoms with Crippen LogP contribution in [0.3, 0.4) is 0 Å². The number of aromatic nitrogens is 4. The van der Waals surface area contributed by atoms with Gasteiger partial charge in [0.25, 0.3) is 0 Å². The average molecular weight is 307 g/mol. The zero-order valence-electron chi connectivity index (χ0n) is 12.6. The van der Waals surface area contributed by atoms with Crippen molar-refractivity contribution < 1.29 is 40.6 Å². The van der Waals surface area contributed by atoms with Crippen molar-refractivity contribution in [3.8, 4) is 0 Å². The summed E-state index contributed by atoms with van der Waals surface area (Å²) in [5, 5.41) is 0. The molecule has 0 unspecified atom stereocenters. The summed E-state index contributed by atoms with van der Waals surface area (Å²) in [6.07, 6.45) is 2.69. The van der Waals surface area contributed by atoms with Gasteiger partial charge in [-0.3, -0.25) is 4.79 Å². The fraction of sp³-hybridized carbons (Fsp3) is 0. The number of carbonyl (C=O) groups is 1. The molecule has 3 aromatic rings. The first-order valence-corrected chi connectivity index (χ1v) is 5.94. The van der Waals surface area contributed by atoms with E-state index < -0.39 is 11.5 Å². The van der Waals surface area contributed by atoms with Gasteiger partial charge in [0, 0.05) is 12.4 Å². The summed E-state index contributed by atoms with van der Waals surface area (Å²) in [7, 11) is 0. The molecule has 2 N–H and O–H groups in total. The van der Waals surface area contributed by atoms with E-state index in [2.05, 4.69) is 15.0 Å². The third-order valence-corrected chi connectivity index (χ3v) is 2.68. The maximum Gasteiger partial charge on any atom is 1.00 e. The summed E-state index contributed by atoms with van der Waals surface area (Å²) in [5.41, 5.74) is 5.30. The molecule has 0 fully saturated rings. The molecule has 8 nitrogen and oxygen atoms in total. The third kappa shape index (κ3) is 2.98. The first-order valence-electron chi connectivity index (χ1n) is 5.94. The van der Waals surface area contributed by atoms with E-state index in [1.54, 1.807) is 30.3 Å². The van der Waals surface area contributed by atoms with Crippen LogP contribution in [-0.2, 0) is 0 Å². The van der Waals surface area contributed by atoms with Crippen LogP contribution in [0.5, 0.6) is 0 Å². The van der Waals surface area contributed by atoms with Crippen LogP contribution in [0.4, 0.5) is 5.95 Å². The topological polar surface area (TPSA) is 113 Å². The molecule has 0 aliphatic heterocycles. The van der Waals surface area contributed by atoms with Gasteiger partial charge in [-0.25, -0.2) is 14.8 Å². The van der Waals surface area contributed by atoms with E-state index in [1.165, 1.54) is 12.4 Å². The Bertz CT molecular complexity index is 888. The van der Waals surface area contributed by atoms with Crippen molar-refractivity contribution >= 4 is 23.1 Å². The quantitative estimate of drug-likeness (QED) is 0.507. The van der Waals surface area contributed by atoms with Crippen LogP contribution in [0.1, 0.15) is 11.8 Å². The first-order chi connectivity index (χ1) is 10.2. The van der Waals surface area contributed by atoms with Gasteiger partial charge in [-0.2, -0.15) is 4.98 Å². The van der Waals surface area contributed by atoms with Gasteiger partial charge in [0.1, 0.15) is 0 Å². The monoisotopic (exact) mass is 307 g/mol. The van der Waals surface area contributed by atoms with Crippen LogP contribution in [-0.4, -0.2) is 25.7 Å². The van der Waals surface area contributed by atoms with Crippen molar-refractivity contribution in [3.63, 3.8) is 0 Å². The Labute approximate surface area is 147 Å². The number of rotatable bonds is 2. The Morgan fingerprint density at radius 3 is 2.59 bits per heavy atom. The Balaban J connectivity index is 0.00000132. The third-order valence-electron chi connectivity index (χ3n) is 2.68. The standard InChI is InChI=1S/C13H9N5O3.Na.H/c14-13-17-11(19)9-10(16-7-6-15-9)18(13)21-12(20)8-4-2-1-3-5-8;;/h1-7H,(H2,14,17,19);;/q;+1;-1. The second-order valence-corrected chi connectivity index (χ2v) is 4.04. The number of nitrogens with two attached hydrogens (primary N) is 1. The molecular weight excluding hydrogens is 297 g/mol. The summed E-state index contributed by atoms with van der Waals surface area (Å²) in [4.78, 5) is 40.2. The fourth-order valence-electron chi connectivity index (χ4n) is 1.74. The number of hydrogen-bond acceptors (Lipinski definition) is 7. The maximum atomic E-state index is 12.0. The number of anilines is 1. The van der Waals surface area contributed by atoms with Crippen molar-refractivity contribution in [2.45, 2.75) is 0 Å². The number of hydrogen-bond donors (Lipinski definition) is 1. The van der Waals surface area contributed by atoms with Gasteiger partial charge in [0.15, 0.2) is 5.52 Å². The van der Waals surface area contributed by atoms with Gasteiger partial charge < -0.3 is 12.0 Å². The van der Waals surface area contributed by atoms with Crippen LogP contribution in [0.2, 0.25) is 0 Å². The second-order valence-electron chi connectivity index (χ2n) is 4.04. The summed E-state index contributed by atoms with van der Waals surface area (Å²) in [6, 6.07) is 8.33. The molecule has 2 heterocycles. The van der Waals surface area contributed by atoms with E-state index >= 15 is 0 Å². The Morgan fingerprint density at radius 2 is 1.86 bits per heavy atom. The number of carbonyl (C=O) groups excluding carboxylic acids is 1. The molecule has 22 heavy (non-hydrogen) atoms. The molecule has 0 atom stereocenters. The molecule has 2 aromatic heterocycles. The van der Waals surface area contributed by atoms with E-state index in [-0.39, 0.29) is 48.1 Å². The average Bonchev–Trinajstić information content (AvgIpc) is 2.52. The fourth-order valence-corrected chi connectivity index (χ4v) is 1.74. The maximum absolute atomic E-state index is 12.0.